The van der Waals surface area contributed by atoms with E-state index in [0.29, 0.717) is 0 Å². The Morgan fingerprint density at radius 1 is 0.885 bits per heavy atom. The second kappa shape index (κ2) is 14.3. The first-order valence-electron chi connectivity index (χ1n) is 11.8. The lowest BCUT2D eigenvalue weighted by molar-refractivity contribution is 0.256. The Labute approximate surface area is 163 Å². The van der Waals surface area contributed by atoms with Crippen LogP contribution in [-0.2, 0) is 6.54 Å². The van der Waals surface area contributed by atoms with E-state index in [1.807, 2.05) is 12.5 Å². The smallest absolute Gasteiger partial charge is 0.0945 e. The van der Waals surface area contributed by atoms with Crippen LogP contribution in [0.2, 0.25) is 0 Å². The van der Waals surface area contributed by atoms with E-state index in [4.69, 9.17) is 0 Å². The van der Waals surface area contributed by atoms with Crippen LogP contribution in [0.3, 0.4) is 0 Å². The maximum Gasteiger partial charge on any atom is 0.0945 e. The summed E-state index contributed by atoms with van der Waals surface area (Å²) in [5, 5.41) is 0. The Morgan fingerprint density at radius 3 is 2.15 bits per heavy atom. The van der Waals surface area contributed by atoms with E-state index < -0.39 is 0 Å². The third-order valence-electron chi connectivity index (χ3n) is 6.39. The molecule has 1 fully saturated rings. The first kappa shape index (κ1) is 21.5. The fourth-order valence-corrected chi connectivity index (χ4v) is 4.79. The molecule has 2 nitrogen and oxygen atoms in total. The minimum Gasteiger partial charge on any atom is -0.337 e. The summed E-state index contributed by atoms with van der Waals surface area (Å²) in [7, 11) is 0. The molecule has 1 aliphatic carbocycles. The van der Waals surface area contributed by atoms with Gasteiger partial charge in [0, 0.05) is 18.9 Å². The molecule has 2 rings (SSSR count). The normalized spacial score (nSPS) is 16.8. The summed E-state index contributed by atoms with van der Waals surface area (Å²) in [5.74, 6) is 1.86. The molecule has 1 aromatic heterocycles. The Bertz CT molecular complexity index is 406. The molecule has 1 aliphatic rings. The zero-order chi connectivity index (χ0) is 18.3. The number of hydrogen-bond donors (Lipinski definition) is 0. The van der Waals surface area contributed by atoms with Crippen molar-refractivity contribution in [3.63, 3.8) is 0 Å². The number of rotatable bonds is 15. The SMILES string of the molecule is CCCCCCCCCCCCC(CC1CCCCC1)Cn1ccnc1. The van der Waals surface area contributed by atoms with Crippen LogP contribution in [0.15, 0.2) is 18.7 Å². The van der Waals surface area contributed by atoms with Gasteiger partial charge in [0.25, 0.3) is 0 Å². The Kier molecular flexibility index (Phi) is 11.8. The molecular weight excluding hydrogens is 316 g/mol. The molecule has 0 aromatic carbocycles. The minimum atomic E-state index is 0.862. The molecule has 0 spiro atoms. The molecule has 0 saturated heterocycles. The van der Waals surface area contributed by atoms with Crippen molar-refractivity contribution in [2.24, 2.45) is 11.8 Å². The fraction of sp³-hybridized carbons (Fsp3) is 0.875. The highest BCUT2D eigenvalue weighted by molar-refractivity contribution is 4.78. The highest BCUT2D eigenvalue weighted by atomic mass is 15.0. The Balaban J connectivity index is 1.56. The van der Waals surface area contributed by atoms with Crippen LogP contribution < -0.4 is 0 Å². The summed E-state index contributed by atoms with van der Waals surface area (Å²) < 4.78 is 2.31. The van der Waals surface area contributed by atoms with E-state index in [-0.39, 0.29) is 0 Å². The van der Waals surface area contributed by atoms with E-state index in [1.165, 1.54) is 116 Å². The monoisotopic (exact) mass is 360 g/mol. The molecule has 1 unspecified atom stereocenters. The molecule has 1 heterocycles. The highest BCUT2D eigenvalue weighted by Gasteiger charge is 2.19. The van der Waals surface area contributed by atoms with Gasteiger partial charge in [0.1, 0.15) is 0 Å². The largest absolute Gasteiger partial charge is 0.337 e. The molecule has 2 heteroatoms. The van der Waals surface area contributed by atoms with Gasteiger partial charge >= 0.3 is 0 Å². The molecular formula is C24H44N2. The minimum absolute atomic E-state index is 0.862. The van der Waals surface area contributed by atoms with Crippen molar-refractivity contribution in [2.45, 2.75) is 123 Å². The van der Waals surface area contributed by atoms with E-state index in [1.54, 1.807) is 0 Å². The molecule has 0 aliphatic heterocycles. The topological polar surface area (TPSA) is 17.8 Å². The van der Waals surface area contributed by atoms with E-state index in [2.05, 4.69) is 22.7 Å². The van der Waals surface area contributed by atoms with Crippen molar-refractivity contribution >= 4 is 0 Å². The zero-order valence-corrected chi connectivity index (χ0v) is 17.5. The van der Waals surface area contributed by atoms with Crippen LogP contribution >= 0.6 is 0 Å². The van der Waals surface area contributed by atoms with Crippen LogP contribution in [0.5, 0.6) is 0 Å². The summed E-state index contributed by atoms with van der Waals surface area (Å²) in [6.45, 7) is 3.49. The van der Waals surface area contributed by atoms with Crippen LogP contribution in [0.1, 0.15) is 116 Å². The average molecular weight is 361 g/mol. The van der Waals surface area contributed by atoms with Gasteiger partial charge in [0.2, 0.25) is 0 Å². The Hall–Kier alpha value is -0.790. The second-order valence-corrected chi connectivity index (χ2v) is 8.84. The van der Waals surface area contributed by atoms with Gasteiger partial charge in [-0.3, -0.25) is 0 Å². The van der Waals surface area contributed by atoms with Crippen LogP contribution in [-0.4, -0.2) is 9.55 Å². The van der Waals surface area contributed by atoms with Gasteiger partial charge in [-0.25, -0.2) is 4.98 Å². The zero-order valence-electron chi connectivity index (χ0n) is 17.5. The van der Waals surface area contributed by atoms with Crippen LogP contribution in [0, 0.1) is 11.8 Å². The summed E-state index contributed by atoms with van der Waals surface area (Å²) in [4.78, 5) is 4.24. The highest BCUT2D eigenvalue weighted by Crippen LogP contribution is 2.31. The number of imidazole rings is 1. The lowest BCUT2D eigenvalue weighted by Crippen LogP contribution is -2.16. The number of unbranched alkanes of at least 4 members (excludes halogenated alkanes) is 9. The first-order chi connectivity index (χ1) is 12.9. The number of aromatic nitrogens is 2. The summed E-state index contributed by atoms with van der Waals surface area (Å²) in [5.41, 5.74) is 0. The van der Waals surface area contributed by atoms with E-state index >= 15 is 0 Å². The molecule has 26 heavy (non-hydrogen) atoms. The summed E-state index contributed by atoms with van der Waals surface area (Å²) >= 11 is 0. The van der Waals surface area contributed by atoms with Gasteiger partial charge in [0.15, 0.2) is 0 Å². The average Bonchev–Trinajstić information content (AvgIpc) is 3.17. The van der Waals surface area contributed by atoms with Crippen molar-refractivity contribution in [1.29, 1.82) is 0 Å². The lowest BCUT2D eigenvalue weighted by Gasteiger charge is -2.27. The Morgan fingerprint density at radius 2 is 1.54 bits per heavy atom. The number of nitrogens with zero attached hydrogens (tertiary/aromatic N) is 2. The summed E-state index contributed by atoms with van der Waals surface area (Å²) in [6.07, 6.45) is 30.8. The third-order valence-corrected chi connectivity index (χ3v) is 6.39. The van der Waals surface area contributed by atoms with Crippen LogP contribution in [0.25, 0.3) is 0 Å². The molecule has 0 bridgehead atoms. The second-order valence-electron chi connectivity index (χ2n) is 8.84. The maximum absolute atomic E-state index is 4.24. The van der Waals surface area contributed by atoms with E-state index in [0.717, 1.165) is 11.8 Å². The van der Waals surface area contributed by atoms with Gasteiger partial charge < -0.3 is 4.57 Å². The van der Waals surface area contributed by atoms with E-state index in [9.17, 15) is 0 Å². The lowest BCUT2D eigenvalue weighted by atomic mass is 9.81. The molecule has 0 N–H and O–H groups in total. The quantitative estimate of drug-likeness (QED) is 0.292. The maximum atomic E-state index is 4.24. The van der Waals surface area contributed by atoms with Crippen molar-refractivity contribution < 1.29 is 0 Å². The molecule has 1 atom stereocenters. The van der Waals surface area contributed by atoms with Crippen molar-refractivity contribution in [2.75, 3.05) is 0 Å². The molecule has 1 aromatic rings. The molecule has 0 amide bonds. The predicted molar refractivity (Wildman–Crippen MR) is 113 cm³/mol. The molecule has 1 saturated carbocycles. The van der Waals surface area contributed by atoms with Gasteiger partial charge in [-0.2, -0.15) is 0 Å². The predicted octanol–water partition coefficient (Wildman–Crippen LogP) is 7.78. The molecule has 0 radical (unpaired) electrons. The third kappa shape index (κ3) is 9.78. The standard InChI is InChI=1S/C24H44N2/c1-2-3-4-5-6-7-8-9-10-12-17-24(21-26-19-18-25-22-26)20-23-15-13-11-14-16-23/h18-19,22-24H,2-17,20-21H2,1H3. The van der Waals surface area contributed by atoms with Crippen LogP contribution in [0.4, 0.5) is 0 Å². The van der Waals surface area contributed by atoms with Gasteiger partial charge in [-0.1, -0.05) is 103 Å². The first-order valence-corrected chi connectivity index (χ1v) is 11.8. The van der Waals surface area contributed by atoms with Gasteiger partial charge in [0.05, 0.1) is 6.33 Å². The fourth-order valence-electron chi connectivity index (χ4n) is 4.79. The van der Waals surface area contributed by atoms with Crippen molar-refractivity contribution in [1.82, 2.24) is 9.55 Å². The number of hydrogen-bond acceptors (Lipinski definition) is 1. The van der Waals surface area contributed by atoms with Crippen molar-refractivity contribution in [3.8, 4) is 0 Å². The van der Waals surface area contributed by atoms with Gasteiger partial charge in [-0.05, 0) is 24.7 Å². The van der Waals surface area contributed by atoms with Crippen molar-refractivity contribution in [3.05, 3.63) is 18.7 Å². The molecule has 150 valence electrons. The summed E-state index contributed by atoms with van der Waals surface area (Å²) in [6, 6.07) is 0. The van der Waals surface area contributed by atoms with Gasteiger partial charge in [-0.15, -0.1) is 0 Å².